The molecule has 0 spiro atoms. The third-order valence-corrected chi connectivity index (χ3v) is 1.98. The van der Waals surface area contributed by atoms with Gasteiger partial charge in [0.25, 0.3) is 0 Å². The van der Waals surface area contributed by atoms with Crippen LogP contribution in [-0.4, -0.2) is 42.5 Å². The second-order valence-electron chi connectivity index (χ2n) is 3.40. The number of carbonyl (C=O) groups is 1. The van der Waals surface area contributed by atoms with Gasteiger partial charge in [-0.1, -0.05) is 0 Å². The fraction of sp³-hybridized carbons (Fsp3) is 0.333. The number of aliphatic hydroxyl groups is 1. The van der Waals surface area contributed by atoms with Crippen LogP contribution in [0, 0.1) is 0 Å². The van der Waals surface area contributed by atoms with Gasteiger partial charge in [0.15, 0.2) is 5.76 Å². The molecular formula is C9H10N4O4. The molecule has 8 nitrogen and oxygen atoms in total. The zero-order chi connectivity index (χ0) is 12.3. The van der Waals surface area contributed by atoms with Crippen molar-refractivity contribution in [2.24, 2.45) is 0 Å². The number of rotatable bonds is 5. The lowest BCUT2D eigenvalue weighted by atomic mass is 10.2. The molecule has 1 atom stereocenters. The first-order valence-corrected chi connectivity index (χ1v) is 4.86. The molecule has 17 heavy (non-hydrogen) atoms. The van der Waals surface area contributed by atoms with Gasteiger partial charge in [-0.15, -0.1) is 10.2 Å². The fourth-order valence-corrected chi connectivity index (χ4v) is 1.28. The summed E-state index contributed by atoms with van der Waals surface area (Å²) in [5, 5.41) is 29.2. The third-order valence-electron chi connectivity index (χ3n) is 1.98. The van der Waals surface area contributed by atoms with Crippen molar-refractivity contribution in [3.63, 3.8) is 0 Å². The molecule has 0 radical (unpaired) electrons. The van der Waals surface area contributed by atoms with E-state index in [9.17, 15) is 9.90 Å². The van der Waals surface area contributed by atoms with E-state index < -0.39 is 12.1 Å². The van der Waals surface area contributed by atoms with Crippen molar-refractivity contribution in [1.29, 1.82) is 0 Å². The van der Waals surface area contributed by atoms with Gasteiger partial charge in [0.1, 0.15) is 0 Å². The first-order valence-electron chi connectivity index (χ1n) is 4.86. The molecule has 0 amide bonds. The van der Waals surface area contributed by atoms with Crippen LogP contribution in [0.4, 0.5) is 0 Å². The van der Waals surface area contributed by atoms with Crippen LogP contribution in [0.2, 0.25) is 0 Å². The summed E-state index contributed by atoms with van der Waals surface area (Å²) in [6.07, 6.45) is 0.0681. The smallest absolute Gasteiger partial charge is 0.306 e. The number of hydrogen-bond donors (Lipinski definition) is 2. The number of nitrogens with zero attached hydrogens (tertiary/aromatic N) is 4. The quantitative estimate of drug-likeness (QED) is 0.739. The average molecular weight is 238 g/mol. The Morgan fingerprint density at radius 3 is 3.06 bits per heavy atom. The molecule has 2 aromatic heterocycles. The molecule has 0 saturated heterocycles. The Hall–Kier alpha value is -2.22. The standard InChI is InChI=1S/C9H10N4O4/c14-6(4-8(15)16)5-13-11-9(10-12-13)7-2-1-3-17-7/h1-3,6,14H,4-5H2,(H,15,16). The topological polar surface area (TPSA) is 114 Å². The van der Waals surface area contributed by atoms with Gasteiger partial charge in [-0.3, -0.25) is 4.79 Å². The molecule has 0 saturated carbocycles. The minimum Gasteiger partial charge on any atom is -0.481 e. The number of aromatic nitrogens is 4. The van der Waals surface area contributed by atoms with Crippen molar-refractivity contribution in [3.8, 4) is 11.6 Å². The van der Waals surface area contributed by atoms with E-state index in [0.717, 1.165) is 4.80 Å². The van der Waals surface area contributed by atoms with Crippen molar-refractivity contribution in [2.45, 2.75) is 19.1 Å². The number of aliphatic hydroxyl groups excluding tert-OH is 1. The Balaban J connectivity index is 2.01. The van der Waals surface area contributed by atoms with Crippen LogP contribution in [0.1, 0.15) is 6.42 Å². The number of carboxylic acids is 1. The monoisotopic (exact) mass is 238 g/mol. The summed E-state index contributed by atoms with van der Waals surface area (Å²) in [6.45, 7) is -0.0278. The molecular weight excluding hydrogens is 228 g/mol. The normalized spacial score (nSPS) is 12.5. The summed E-state index contributed by atoms with van der Waals surface area (Å²) >= 11 is 0. The highest BCUT2D eigenvalue weighted by atomic mass is 16.4. The molecule has 0 bridgehead atoms. The summed E-state index contributed by atoms with van der Waals surface area (Å²) in [7, 11) is 0. The fourth-order valence-electron chi connectivity index (χ4n) is 1.28. The summed E-state index contributed by atoms with van der Waals surface area (Å²) in [4.78, 5) is 11.5. The molecule has 0 aliphatic rings. The van der Waals surface area contributed by atoms with E-state index in [-0.39, 0.29) is 18.8 Å². The number of carboxylic acid groups (broad SMARTS) is 1. The second-order valence-corrected chi connectivity index (χ2v) is 3.40. The highest BCUT2D eigenvalue weighted by Gasteiger charge is 2.13. The van der Waals surface area contributed by atoms with Gasteiger partial charge in [-0.05, 0) is 17.3 Å². The van der Waals surface area contributed by atoms with Crippen LogP contribution < -0.4 is 0 Å². The van der Waals surface area contributed by atoms with E-state index in [4.69, 9.17) is 9.52 Å². The Bertz CT molecular complexity index is 493. The first kappa shape index (κ1) is 11.3. The minimum absolute atomic E-state index is 0.0278. The van der Waals surface area contributed by atoms with E-state index in [1.165, 1.54) is 6.26 Å². The number of hydrogen-bond acceptors (Lipinski definition) is 6. The average Bonchev–Trinajstić information content (AvgIpc) is 2.84. The molecule has 0 aromatic carbocycles. The summed E-state index contributed by atoms with van der Waals surface area (Å²) < 4.78 is 5.07. The zero-order valence-corrected chi connectivity index (χ0v) is 8.72. The summed E-state index contributed by atoms with van der Waals surface area (Å²) in [5.74, 6) is -0.328. The van der Waals surface area contributed by atoms with Crippen molar-refractivity contribution in [3.05, 3.63) is 18.4 Å². The van der Waals surface area contributed by atoms with Crippen LogP contribution in [0.15, 0.2) is 22.8 Å². The van der Waals surface area contributed by atoms with E-state index in [2.05, 4.69) is 15.4 Å². The molecule has 2 N–H and O–H groups in total. The maximum Gasteiger partial charge on any atom is 0.306 e. The minimum atomic E-state index is -1.08. The van der Waals surface area contributed by atoms with Crippen LogP contribution in [0.3, 0.4) is 0 Å². The number of tetrazole rings is 1. The zero-order valence-electron chi connectivity index (χ0n) is 8.72. The largest absolute Gasteiger partial charge is 0.481 e. The Kier molecular flexibility index (Phi) is 3.15. The van der Waals surface area contributed by atoms with Gasteiger partial charge in [0.05, 0.1) is 25.3 Å². The molecule has 1 unspecified atom stereocenters. The van der Waals surface area contributed by atoms with Gasteiger partial charge in [0, 0.05) is 0 Å². The lowest BCUT2D eigenvalue weighted by Gasteiger charge is -2.04. The molecule has 0 aliphatic carbocycles. The molecule has 90 valence electrons. The lowest BCUT2D eigenvalue weighted by Crippen LogP contribution is -2.21. The lowest BCUT2D eigenvalue weighted by molar-refractivity contribution is -0.139. The number of aliphatic carboxylic acids is 1. The highest BCUT2D eigenvalue weighted by Crippen LogP contribution is 2.12. The van der Waals surface area contributed by atoms with E-state index >= 15 is 0 Å². The predicted molar refractivity (Wildman–Crippen MR) is 53.8 cm³/mol. The molecule has 0 fully saturated rings. The molecule has 8 heteroatoms. The highest BCUT2D eigenvalue weighted by molar-refractivity contribution is 5.67. The van der Waals surface area contributed by atoms with Gasteiger partial charge >= 0.3 is 5.97 Å². The van der Waals surface area contributed by atoms with Crippen molar-refractivity contribution >= 4 is 5.97 Å². The van der Waals surface area contributed by atoms with Gasteiger partial charge in [-0.2, -0.15) is 4.80 Å². The van der Waals surface area contributed by atoms with Crippen LogP contribution in [0.5, 0.6) is 0 Å². The van der Waals surface area contributed by atoms with Crippen LogP contribution >= 0.6 is 0 Å². The molecule has 2 aromatic rings. The second kappa shape index (κ2) is 4.74. The Morgan fingerprint density at radius 2 is 2.41 bits per heavy atom. The Morgan fingerprint density at radius 1 is 1.59 bits per heavy atom. The maximum absolute atomic E-state index is 10.4. The van der Waals surface area contributed by atoms with Crippen molar-refractivity contribution < 1.29 is 19.4 Å². The van der Waals surface area contributed by atoms with Crippen molar-refractivity contribution in [1.82, 2.24) is 20.2 Å². The van der Waals surface area contributed by atoms with E-state index in [1.54, 1.807) is 12.1 Å². The van der Waals surface area contributed by atoms with Gasteiger partial charge < -0.3 is 14.6 Å². The maximum atomic E-state index is 10.4. The summed E-state index contributed by atoms with van der Waals surface area (Å²) in [6, 6.07) is 3.37. The molecule has 2 rings (SSSR count). The first-order chi connectivity index (χ1) is 8.15. The molecule has 0 aliphatic heterocycles. The Labute approximate surface area is 95.5 Å². The summed E-state index contributed by atoms with van der Waals surface area (Å²) in [5.41, 5.74) is 0. The van der Waals surface area contributed by atoms with Crippen LogP contribution in [0.25, 0.3) is 11.6 Å². The van der Waals surface area contributed by atoms with E-state index in [1.807, 2.05) is 0 Å². The van der Waals surface area contributed by atoms with E-state index in [0.29, 0.717) is 5.76 Å². The SMILES string of the molecule is O=C(O)CC(O)Cn1nnc(-c2ccco2)n1. The van der Waals surface area contributed by atoms with Gasteiger partial charge in [0.2, 0.25) is 5.82 Å². The third kappa shape index (κ3) is 2.88. The molecule has 2 heterocycles. The van der Waals surface area contributed by atoms with Gasteiger partial charge in [-0.25, -0.2) is 0 Å². The number of furan rings is 1. The van der Waals surface area contributed by atoms with Crippen molar-refractivity contribution in [2.75, 3.05) is 0 Å². The predicted octanol–water partition coefficient (Wildman–Crippen LogP) is -0.231. The van der Waals surface area contributed by atoms with Crippen LogP contribution in [-0.2, 0) is 11.3 Å².